The normalized spacial score (nSPS) is 10.9. The van der Waals surface area contributed by atoms with Gasteiger partial charge in [0.25, 0.3) is 0 Å². The number of carbonyl (C=O) groups excluding carboxylic acids is 1. The highest BCUT2D eigenvalue weighted by Crippen LogP contribution is 2.18. The average molecular weight is 257 g/mol. The predicted molar refractivity (Wildman–Crippen MR) is 71.1 cm³/mol. The summed E-state index contributed by atoms with van der Waals surface area (Å²) >= 11 is 1.74. The van der Waals surface area contributed by atoms with Crippen LogP contribution in [0, 0.1) is 0 Å². The summed E-state index contributed by atoms with van der Waals surface area (Å²) in [5.41, 5.74) is 2.11. The molecule has 0 saturated carbocycles. The molecule has 0 radical (unpaired) electrons. The molecule has 0 amide bonds. The predicted octanol–water partition coefficient (Wildman–Crippen LogP) is 3.49. The first-order valence-electron chi connectivity index (χ1n) is 5.72. The molecule has 2 heterocycles. The highest BCUT2D eigenvalue weighted by molar-refractivity contribution is 7.09. The third-order valence-corrected chi connectivity index (χ3v) is 3.69. The Bertz CT molecular complexity index is 670. The second-order valence-electron chi connectivity index (χ2n) is 4.03. The van der Waals surface area contributed by atoms with Gasteiger partial charge in [-0.1, -0.05) is 6.07 Å². The molecular formula is C14H11NO2S. The second kappa shape index (κ2) is 4.74. The number of nitrogens with zero attached hydrogens (tertiary/aromatic N) is 1. The van der Waals surface area contributed by atoms with E-state index in [1.165, 1.54) is 4.88 Å². The number of aryl methyl sites for hydroxylation is 2. The molecule has 4 heteroatoms. The topological polar surface area (TPSA) is 43.1 Å². The molecule has 3 nitrogen and oxygen atoms in total. The molecule has 0 unspecified atom stereocenters. The van der Waals surface area contributed by atoms with E-state index in [1.54, 1.807) is 29.5 Å². The first kappa shape index (κ1) is 11.2. The molecule has 0 saturated heterocycles. The Morgan fingerprint density at radius 2 is 2.22 bits per heavy atom. The standard InChI is InChI=1S/C14H11NO2S/c16-9-10-3-5-13-12(8-10)15-14(17-13)6-4-11-2-1-7-18-11/h1-3,5,7-9H,4,6H2. The van der Waals surface area contributed by atoms with Crippen molar-refractivity contribution in [3.8, 4) is 0 Å². The molecule has 0 aliphatic rings. The third-order valence-electron chi connectivity index (χ3n) is 2.76. The van der Waals surface area contributed by atoms with Crippen LogP contribution in [0.5, 0.6) is 0 Å². The molecule has 18 heavy (non-hydrogen) atoms. The Morgan fingerprint density at radius 3 is 3.00 bits per heavy atom. The summed E-state index contributed by atoms with van der Waals surface area (Å²) in [6.07, 6.45) is 2.54. The number of aromatic nitrogens is 1. The van der Waals surface area contributed by atoms with Crippen LogP contribution in [0.1, 0.15) is 21.1 Å². The van der Waals surface area contributed by atoms with E-state index in [-0.39, 0.29) is 0 Å². The third kappa shape index (κ3) is 2.19. The molecule has 0 aliphatic heterocycles. The first-order valence-corrected chi connectivity index (χ1v) is 6.60. The SMILES string of the molecule is O=Cc1ccc2oc(CCc3cccs3)nc2c1. The van der Waals surface area contributed by atoms with Crippen LogP contribution < -0.4 is 0 Å². The summed E-state index contributed by atoms with van der Waals surface area (Å²) in [4.78, 5) is 16.4. The van der Waals surface area contributed by atoms with Crippen molar-refractivity contribution in [3.05, 3.63) is 52.0 Å². The lowest BCUT2D eigenvalue weighted by Crippen LogP contribution is -1.88. The van der Waals surface area contributed by atoms with Gasteiger partial charge in [0.05, 0.1) is 0 Å². The molecular weight excluding hydrogens is 246 g/mol. The van der Waals surface area contributed by atoms with Gasteiger partial charge in [-0.05, 0) is 36.1 Å². The van der Waals surface area contributed by atoms with Gasteiger partial charge in [0.15, 0.2) is 11.5 Å². The smallest absolute Gasteiger partial charge is 0.195 e. The van der Waals surface area contributed by atoms with Crippen LogP contribution in [0.2, 0.25) is 0 Å². The van der Waals surface area contributed by atoms with E-state index in [0.29, 0.717) is 5.56 Å². The molecule has 0 fully saturated rings. The number of aldehydes is 1. The monoisotopic (exact) mass is 257 g/mol. The van der Waals surface area contributed by atoms with Crippen molar-refractivity contribution >= 4 is 28.7 Å². The second-order valence-corrected chi connectivity index (χ2v) is 5.06. The minimum Gasteiger partial charge on any atom is -0.441 e. The fourth-order valence-corrected chi connectivity index (χ4v) is 2.57. The Morgan fingerprint density at radius 1 is 1.28 bits per heavy atom. The lowest BCUT2D eigenvalue weighted by Gasteiger charge is -1.92. The van der Waals surface area contributed by atoms with Crippen LogP contribution in [0.25, 0.3) is 11.1 Å². The van der Waals surface area contributed by atoms with Gasteiger partial charge in [-0.3, -0.25) is 4.79 Å². The summed E-state index contributed by atoms with van der Waals surface area (Å²) in [5, 5.41) is 2.07. The van der Waals surface area contributed by atoms with E-state index in [2.05, 4.69) is 16.4 Å². The lowest BCUT2D eigenvalue weighted by molar-refractivity contribution is 0.112. The average Bonchev–Trinajstić information content (AvgIpc) is 3.04. The van der Waals surface area contributed by atoms with E-state index < -0.39 is 0 Å². The maximum absolute atomic E-state index is 10.7. The molecule has 3 rings (SSSR count). The maximum Gasteiger partial charge on any atom is 0.195 e. The molecule has 1 aromatic carbocycles. The molecule has 0 bridgehead atoms. The Labute approximate surface area is 108 Å². The number of fused-ring (bicyclic) bond motifs is 1. The quantitative estimate of drug-likeness (QED) is 0.672. The Hall–Kier alpha value is -1.94. The fraction of sp³-hybridized carbons (Fsp3) is 0.143. The molecule has 2 aromatic heterocycles. The van der Waals surface area contributed by atoms with E-state index >= 15 is 0 Å². The van der Waals surface area contributed by atoms with Crippen LogP contribution in [0.15, 0.2) is 40.1 Å². The number of rotatable bonds is 4. The molecule has 0 atom stereocenters. The van der Waals surface area contributed by atoms with E-state index in [1.807, 2.05) is 6.07 Å². The van der Waals surface area contributed by atoms with Gasteiger partial charge in [0.1, 0.15) is 11.8 Å². The van der Waals surface area contributed by atoms with Crippen molar-refractivity contribution in [2.75, 3.05) is 0 Å². The number of oxazole rings is 1. The van der Waals surface area contributed by atoms with Gasteiger partial charge in [0, 0.05) is 16.9 Å². The minimum absolute atomic E-state index is 0.626. The van der Waals surface area contributed by atoms with Crippen molar-refractivity contribution in [2.45, 2.75) is 12.8 Å². The van der Waals surface area contributed by atoms with Crippen LogP contribution >= 0.6 is 11.3 Å². The van der Waals surface area contributed by atoms with Gasteiger partial charge in [-0.2, -0.15) is 0 Å². The Balaban J connectivity index is 1.82. The lowest BCUT2D eigenvalue weighted by atomic mass is 10.2. The van der Waals surface area contributed by atoms with Crippen molar-refractivity contribution in [2.24, 2.45) is 0 Å². The van der Waals surface area contributed by atoms with Gasteiger partial charge in [-0.15, -0.1) is 11.3 Å². The molecule has 0 spiro atoms. The van der Waals surface area contributed by atoms with Crippen molar-refractivity contribution in [1.82, 2.24) is 4.98 Å². The Kier molecular flexibility index (Phi) is 2.94. The summed E-state index contributed by atoms with van der Waals surface area (Å²) in [7, 11) is 0. The fourth-order valence-electron chi connectivity index (χ4n) is 1.86. The molecule has 90 valence electrons. The largest absolute Gasteiger partial charge is 0.441 e. The van der Waals surface area contributed by atoms with E-state index in [9.17, 15) is 4.79 Å². The maximum atomic E-state index is 10.7. The zero-order chi connectivity index (χ0) is 12.4. The van der Waals surface area contributed by atoms with E-state index in [4.69, 9.17) is 4.42 Å². The van der Waals surface area contributed by atoms with Crippen molar-refractivity contribution in [3.63, 3.8) is 0 Å². The number of hydrogen-bond donors (Lipinski definition) is 0. The van der Waals surface area contributed by atoms with Crippen LogP contribution in [-0.2, 0) is 12.8 Å². The number of benzene rings is 1. The van der Waals surface area contributed by atoms with Crippen LogP contribution in [0.3, 0.4) is 0 Å². The molecule has 0 N–H and O–H groups in total. The summed E-state index contributed by atoms with van der Waals surface area (Å²) in [6, 6.07) is 9.44. The highest BCUT2D eigenvalue weighted by Gasteiger charge is 2.07. The van der Waals surface area contributed by atoms with Crippen LogP contribution in [0.4, 0.5) is 0 Å². The van der Waals surface area contributed by atoms with E-state index in [0.717, 1.165) is 36.1 Å². The van der Waals surface area contributed by atoms with Crippen molar-refractivity contribution in [1.29, 1.82) is 0 Å². The van der Waals surface area contributed by atoms with Gasteiger partial charge < -0.3 is 4.42 Å². The van der Waals surface area contributed by atoms with Crippen LogP contribution in [-0.4, -0.2) is 11.3 Å². The minimum atomic E-state index is 0.626. The zero-order valence-corrected chi connectivity index (χ0v) is 10.4. The summed E-state index contributed by atoms with van der Waals surface area (Å²) < 4.78 is 5.64. The number of hydrogen-bond acceptors (Lipinski definition) is 4. The molecule has 0 aliphatic carbocycles. The van der Waals surface area contributed by atoms with Gasteiger partial charge >= 0.3 is 0 Å². The molecule has 3 aromatic rings. The highest BCUT2D eigenvalue weighted by atomic mass is 32.1. The van der Waals surface area contributed by atoms with Crippen molar-refractivity contribution < 1.29 is 9.21 Å². The zero-order valence-electron chi connectivity index (χ0n) is 9.63. The first-order chi connectivity index (χ1) is 8.85. The number of thiophene rings is 1. The van der Waals surface area contributed by atoms with Gasteiger partial charge in [0.2, 0.25) is 0 Å². The van der Waals surface area contributed by atoms with Gasteiger partial charge in [-0.25, -0.2) is 4.98 Å². The summed E-state index contributed by atoms with van der Waals surface area (Å²) in [6.45, 7) is 0. The summed E-state index contributed by atoms with van der Waals surface area (Å²) in [5.74, 6) is 0.724. The number of carbonyl (C=O) groups is 1.